The number of hydrogen-bond acceptors (Lipinski definition) is 4. The van der Waals surface area contributed by atoms with Crippen LogP contribution in [0, 0.1) is 17.3 Å². The largest absolute Gasteiger partial charge is 0.481 e. The maximum absolute atomic E-state index is 12.5. The summed E-state index contributed by atoms with van der Waals surface area (Å²) in [6.07, 6.45) is 2.95. The minimum atomic E-state index is -0.729. The van der Waals surface area contributed by atoms with Gasteiger partial charge in [0.05, 0.1) is 0 Å². The molecule has 2 atom stereocenters. The molecule has 3 aliphatic rings. The molecule has 2 saturated heterocycles. The molecule has 1 aromatic carbocycles. The van der Waals surface area contributed by atoms with Crippen LogP contribution >= 0.6 is 11.8 Å². The molecule has 6 heteroatoms. The van der Waals surface area contributed by atoms with Crippen molar-refractivity contribution in [2.75, 3.05) is 38.5 Å². The summed E-state index contributed by atoms with van der Waals surface area (Å²) in [5.74, 6) is 1.29. The lowest BCUT2D eigenvalue weighted by molar-refractivity contribution is -0.137. The van der Waals surface area contributed by atoms with E-state index in [1.54, 1.807) is 0 Å². The SMILES string of the molecule is O=C(O)CC[C@]12CN(CCSc3ccccc3)C[C@H]1CN(C(=O)C1CC1)C2. The summed E-state index contributed by atoms with van der Waals surface area (Å²) in [5, 5.41) is 9.20. The predicted octanol–water partition coefficient (Wildman–Crippen LogP) is 2.81. The van der Waals surface area contributed by atoms with Gasteiger partial charge in [0.2, 0.25) is 5.91 Å². The lowest BCUT2D eigenvalue weighted by atomic mass is 9.77. The van der Waals surface area contributed by atoms with Gasteiger partial charge in [0.1, 0.15) is 0 Å². The highest BCUT2D eigenvalue weighted by Gasteiger charge is 2.54. The van der Waals surface area contributed by atoms with Crippen LogP contribution in [-0.4, -0.2) is 65.3 Å². The van der Waals surface area contributed by atoms with Crippen molar-refractivity contribution in [2.24, 2.45) is 17.3 Å². The Morgan fingerprint density at radius 1 is 1.15 bits per heavy atom. The average Bonchev–Trinajstić information content (AvgIpc) is 3.36. The van der Waals surface area contributed by atoms with E-state index >= 15 is 0 Å². The van der Waals surface area contributed by atoms with Gasteiger partial charge in [-0.05, 0) is 37.3 Å². The number of aliphatic carboxylic acids is 1. The number of nitrogens with zero attached hydrogens (tertiary/aromatic N) is 2. The summed E-state index contributed by atoms with van der Waals surface area (Å²) in [6.45, 7) is 4.50. The smallest absolute Gasteiger partial charge is 0.303 e. The number of fused-ring (bicyclic) bond motifs is 1. The number of thioether (sulfide) groups is 1. The van der Waals surface area contributed by atoms with Crippen molar-refractivity contribution in [2.45, 2.75) is 30.6 Å². The molecule has 4 rings (SSSR count). The number of carboxylic acid groups (broad SMARTS) is 1. The molecule has 1 saturated carbocycles. The molecule has 27 heavy (non-hydrogen) atoms. The Morgan fingerprint density at radius 3 is 2.63 bits per heavy atom. The Hall–Kier alpha value is -1.53. The number of carboxylic acids is 1. The molecule has 3 fully saturated rings. The average molecular weight is 389 g/mol. The number of amides is 1. The third-order valence-corrected chi connectivity index (χ3v) is 7.32. The van der Waals surface area contributed by atoms with Crippen LogP contribution in [0.5, 0.6) is 0 Å². The number of carbonyl (C=O) groups is 2. The molecule has 1 aromatic rings. The summed E-state index contributed by atoms with van der Waals surface area (Å²) in [7, 11) is 0. The van der Waals surface area contributed by atoms with Crippen molar-refractivity contribution in [3.05, 3.63) is 30.3 Å². The highest BCUT2D eigenvalue weighted by Crippen LogP contribution is 2.47. The first-order valence-corrected chi connectivity index (χ1v) is 11.0. The van der Waals surface area contributed by atoms with Gasteiger partial charge >= 0.3 is 5.97 Å². The first-order chi connectivity index (χ1) is 13.1. The normalized spacial score (nSPS) is 27.7. The summed E-state index contributed by atoms with van der Waals surface area (Å²) < 4.78 is 0. The van der Waals surface area contributed by atoms with E-state index in [1.165, 1.54) is 4.90 Å². The van der Waals surface area contributed by atoms with Crippen molar-refractivity contribution >= 4 is 23.6 Å². The van der Waals surface area contributed by atoms with Gasteiger partial charge in [-0.1, -0.05) is 18.2 Å². The molecule has 0 unspecified atom stereocenters. The second-order valence-electron chi connectivity index (χ2n) is 8.34. The van der Waals surface area contributed by atoms with Crippen LogP contribution in [0.1, 0.15) is 25.7 Å². The number of carbonyl (C=O) groups excluding carboxylic acids is 1. The summed E-state index contributed by atoms with van der Waals surface area (Å²) in [5.41, 5.74) is -0.0274. The lowest BCUT2D eigenvalue weighted by Gasteiger charge is -2.29. The fraction of sp³-hybridized carbons (Fsp3) is 0.619. The molecule has 2 heterocycles. The molecule has 1 N–H and O–H groups in total. The standard InChI is InChI=1S/C21H28N2O3S/c24-19(25)8-9-21-14-22(10-11-27-18-4-2-1-3-5-18)12-17(21)13-23(15-21)20(26)16-6-7-16/h1-5,16-17H,6-15H2,(H,24,25)/t17-,21+/m0/s1. The van der Waals surface area contributed by atoms with Gasteiger partial charge < -0.3 is 14.9 Å². The van der Waals surface area contributed by atoms with Crippen LogP contribution in [0.3, 0.4) is 0 Å². The van der Waals surface area contributed by atoms with E-state index < -0.39 is 5.97 Å². The number of rotatable bonds is 8. The van der Waals surface area contributed by atoms with Gasteiger partial charge in [0.25, 0.3) is 0 Å². The first-order valence-electron chi connectivity index (χ1n) is 9.96. The monoisotopic (exact) mass is 388 g/mol. The van der Waals surface area contributed by atoms with Crippen LogP contribution < -0.4 is 0 Å². The molecule has 2 aliphatic heterocycles. The van der Waals surface area contributed by atoms with Crippen molar-refractivity contribution in [1.82, 2.24) is 9.80 Å². The summed E-state index contributed by atoms with van der Waals surface area (Å²) >= 11 is 1.87. The molecular formula is C21H28N2O3S. The fourth-order valence-corrected chi connectivity index (χ4v) is 5.67. The molecule has 146 valence electrons. The van der Waals surface area contributed by atoms with E-state index in [-0.39, 0.29) is 17.8 Å². The van der Waals surface area contributed by atoms with Crippen LogP contribution in [0.2, 0.25) is 0 Å². The number of benzene rings is 1. The summed E-state index contributed by atoms with van der Waals surface area (Å²) in [4.78, 5) is 29.5. The Labute approximate surface area is 165 Å². The topological polar surface area (TPSA) is 60.9 Å². The molecule has 1 aliphatic carbocycles. The van der Waals surface area contributed by atoms with Gasteiger partial charge in [-0.2, -0.15) is 0 Å². The third kappa shape index (κ3) is 4.32. The number of hydrogen-bond donors (Lipinski definition) is 1. The second-order valence-corrected chi connectivity index (χ2v) is 9.51. The Bertz CT molecular complexity index is 694. The molecule has 0 bridgehead atoms. The van der Waals surface area contributed by atoms with Crippen LogP contribution in [0.15, 0.2) is 35.2 Å². The second kappa shape index (κ2) is 7.84. The minimum Gasteiger partial charge on any atom is -0.481 e. The maximum atomic E-state index is 12.5. The molecule has 1 amide bonds. The highest BCUT2D eigenvalue weighted by atomic mass is 32.2. The highest BCUT2D eigenvalue weighted by molar-refractivity contribution is 7.99. The third-order valence-electron chi connectivity index (χ3n) is 6.32. The van der Waals surface area contributed by atoms with Crippen LogP contribution in [0.4, 0.5) is 0 Å². The molecule has 0 spiro atoms. The molecule has 0 aromatic heterocycles. The van der Waals surface area contributed by atoms with Crippen molar-refractivity contribution in [3.8, 4) is 0 Å². The summed E-state index contributed by atoms with van der Waals surface area (Å²) in [6, 6.07) is 10.4. The Morgan fingerprint density at radius 2 is 1.93 bits per heavy atom. The zero-order valence-corrected chi connectivity index (χ0v) is 16.5. The van der Waals surface area contributed by atoms with Crippen LogP contribution in [-0.2, 0) is 9.59 Å². The Kier molecular flexibility index (Phi) is 5.46. The molecule has 0 radical (unpaired) electrons. The van der Waals surface area contributed by atoms with Gasteiger partial charge in [-0.25, -0.2) is 0 Å². The number of likely N-dealkylation sites (tertiary alicyclic amines) is 2. The zero-order valence-electron chi connectivity index (χ0n) is 15.7. The first kappa shape index (κ1) is 18.8. The van der Waals surface area contributed by atoms with Gasteiger partial charge in [-0.3, -0.25) is 9.59 Å². The minimum absolute atomic E-state index is 0.0274. The van der Waals surface area contributed by atoms with Crippen LogP contribution in [0.25, 0.3) is 0 Å². The van der Waals surface area contributed by atoms with E-state index in [9.17, 15) is 14.7 Å². The fourth-order valence-electron chi connectivity index (χ4n) is 4.74. The quantitative estimate of drug-likeness (QED) is 0.694. The van der Waals surface area contributed by atoms with E-state index in [4.69, 9.17) is 0 Å². The zero-order chi connectivity index (χ0) is 18.9. The van der Waals surface area contributed by atoms with Crippen molar-refractivity contribution in [1.29, 1.82) is 0 Å². The van der Waals surface area contributed by atoms with E-state index in [0.29, 0.717) is 18.2 Å². The molecule has 5 nitrogen and oxygen atoms in total. The predicted molar refractivity (Wildman–Crippen MR) is 106 cm³/mol. The lowest BCUT2D eigenvalue weighted by Crippen LogP contribution is -2.38. The van der Waals surface area contributed by atoms with Crippen molar-refractivity contribution in [3.63, 3.8) is 0 Å². The molecular weight excluding hydrogens is 360 g/mol. The van der Waals surface area contributed by atoms with Gasteiger partial charge in [0.15, 0.2) is 0 Å². The van der Waals surface area contributed by atoms with Gasteiger partial charge in [-0.15, -0.1) is 11.8 Å². The maximum Gasteiger partial charge on any atom is 0.303 e. The van der Waals surface area contributed by atoms with E-state index in [1.807, 2.05) is 22.7 Å². The van der Waals surface area contributed by atoms with E-state index in [0.717, 1.165) is 51.3 Å². The Balaban J connectivity index is 1.35. The van der Waals surface area contributed by atoms with Gasteiger partial charge in [0, 0.05) is 61.1 Å². The van der Waals surface area contributed by atoms with E-state index in [2.05, 4.69) is 29.2 Å². The van der Waals surface area contributed by atoms with Crippen molar-refractivity contribution < 1.29 is 14.7 Å².